The van der Waals surface area contributed by atoms with Crippen LogP contribution < -0.4 is 5.32 Å². The predicted octanol–water partition coefficient (Wildman–Crippen LogP) is 5.32. The van der Waals surface area contributed by atoms with E-state index in [9.17, 15) is 4.79 Å². The molecule has 0 aromatic heterocycles. The Balaban J connectivity index is 4.01. The Kier molecular flexibility index (Phi) is 10.9. The van der Waals surface area contributed by atoms with Gasteiger partial charge in [-0.2, -0.15) is 0 Å². The molecule has 0 rings (SSSR count). The maximum atomic E-state index is 12.1. The van der Waals surface area contributed by atoms with Crippen LogP contribution in [0.25, 0.3) is 0 Å². The molecule has 0 radical (unpaired) electrons. The Hall–Kier alpha value is -0.530. The van der Waals surface area contributed by atoms with E-state index < -0.39 is 0 Å². The van der Waals surface area contributed by atoms with Crippen LogP contribution in [0.2, 0.25) is 0 Å². The van der Waals surface area contributed by atoms with Gasteiger partial charge in [0.1, 0.15) is 0 Å². The quantitative estimate of drug-likeness (QED) is 0.511. The maximum Gasteiger partial charge on any atom is 0.223 e. The van der Waals surface area contributed by atoms with Crippen molar-refractivity contribution in [1.82, 2.24) is 5.32 Å². The molecule has 1 N–H and O–H groups in total. The Morgan fingerprint density at radius 2 is 1.55 bits per heavy atom. The van der Waals surface area contributed by atoms with Crippen LogP contribution in [0.3, 0.4) is 0 Å². The molecule has 0 aliphatic heterocycles. The molecule has 0 bridgehead atoms. The summed E-state index contributed by atoms with van der Waals surface area (Å²) >= 11 is 0. The maximum absolute atomic E-state index is 12.1. The van der Waals surface area contributed by atoms with Gasteiger partial charge in [0.25, 0.3) is 0 Å². The number of nitrogens with one attached hydrogen (secondary N) is 1. The average molecular weight is 284 g/mol. The van der Waals surface area contributed by atoms with Gasteiger partial charge in [0.15, 0.2) is 0 Å². The highest BCUT2D eigenvalue weighted by Gasteiger charge is 2.17. The summed E-state index contributed by atoms with van der Waals surface area (Å²) < 4.78 is 0. The molecule has 0 aromatic carbocycles. The Morgan fingerprint density at radius 1 is 0.950 bits per heavy atom. The topological polar surface area (TPSA) is 29.1 Å². The van der Waals surface area contributed by atoms with Crippen molar-refractivity contribution in [2.24, 2.45) is 11.3 Å². The lowest BCUT2D eigenvalue weighted by Crippen LogP contribution is -2.30. The van der Waals surface area contributed by atoms with E-state index in [0.29, 0.717) is 5.41 Å². The lowest BCUT2D eigenvalue weighted by molar-refractivity contribution is -0.125. The first-order chi connectivity index (χ1) is 9.40. The second kappa shape index (κ2) is 11.2. The van der Waals surface area contributed by atoms with Crippen LogP contribution in [-0.2, 0) is 4.79 Å². The normalized spacial score (nSPS) is 13.2. The molecule has 0 fully saturated rings. The number of rotatable bonds is 11. The van der Waals surface area contributed by atoms with E-state index in [1.165, 1.54) is 44.9 Å². The van der Waals surface area contributed by atoms with Crippen LogP contribution in [-0.4, -0.2) is 12.5 Å². The second-order valence-corrected chi connectivity index (χ2v) is 7.25. The van der Waals surface area contributed by atoms with Crippen molar-refractivity contribution in [3.05, 3.63) is 0 Å². The minimum Gasteiger partial charge on any atom is -0.356 e. The van der Waals surface area contributed by atoms with Gasteiger partial charge >= 0.3 is 0 Å². The average Bonchev–Trinajstić information content (AvgIpc) is 2.35. The molecule has 1 amide bonds. The fourth-order valence-electron chi connectivity index (χ4n) is 2.59. The summed E-state index contributed by atoms with van der Waals surface area (Å²) in [4.78, 5) is 12.1. The molecule has 20 heavy (non-hydrogen) atoms. The molecule has 1 atom stereocenters. The minimum absolute atomic E-state index is 0.242. The first kappa shape index (κ1) is 19.5. The van der Waals surface area contributed by atoms with Crippen LogP contribution in [0.1, 0.15) is 92.4 Å². The molecule has 0 saturated heterocycles. The van der Waals surface area contributed by atoms with Gasteiger partial charge in [-0.1, -0.05) is 66.2 Å². The van der Waals surface area contributed by atoms with Gasteiger partial charge in [0.2, 0.25) is 5.91 Å². The number of hydrogen-bond acceptors (Lipinski definition) is 1. The lowest BCUT2D eigenvalue weighted by atomic mass is 9.87. The fourth-order valence-corrected chi connectivity index (χ4v) is 2.59. The van der Waals surface area contributed by atoms with Crippen molar-refractivity contribution in [2.45, 2.75) is 92.4 Å². The molecule has 0 spiro atoms. The summed E-state index contributed by atoms with van der Waals surface area (Å²) in [6.07, 6.45) is 10.9. The third-order valence-electron chi connectivity index (χ3n) is 3.86. The van der Waals surface area contributed by atoms with E-state index in [1.54, 1.807) is 0 Å². The summed E-state index contributed by atoms with van der Waals surface area (Å²) in [6, 6.07) is 0. The highest BCUT2D eigenvalue weighted by atomic mass is 16.1. The van der Waals surface area contributed by atoms with Crippen molar-refractivity contribution in [3.63, 3.8) is 0 Å². The van der Waals surface area contributed by atoms with E-state index in [0.717, 1.165) is 19.4 Å². The predicted molar refractivity (Wildman–Crippen MR) is 88.9 cm³/mol. The highest BCUT2D eigenvalue weighted by Crippen LogP contribution is 2.24. The lowest BCUT2D eigenvalue weighted by Gasteiger charge is -2.19. The number of unbranched alkanes of at least 4 members (excludes halogenated alkanes) is 4. The van der Waals surface area contributed by atoms with Crippen molar-refractivity contribution < 1.29 is 4.79 Å². The molecule has 2 nitrogen and oxygen atoms in total. The van der Waals surface area contributed by atoms with E-state index in [4.69, 9.17) is 0 Å². The standard InChI is InChI=1S/C18H37NO/c1-6-8-9-10-13-16(17(20)19-7-2)14-11-12-15-18(3,4)5/h16H,6-15H2,1-5H3,(H,19,20). The van der Waals surface area contributed by atoms with Crippen molar-refractivity contribution in [3.8, 4) is 0 Å². The van der Waals surface area contributed by atoms with E-state index in [1.807, 2.05) is 6.92 Å². The highest BCUT2D eigenvalue weighted by molar-refractivity contribution is 5.78. The number of amides is 1. The summed E-state index contributed by atoms with van der Waals surface area (Å²) in [5, 5.41) is 3.00. The first-order valence-corrected chi connectivity index (χ1v) is 8.68. The molecular formula is C18H37NO. The zero-order chi connectivity index (χ0) is 15.4. The minimum atomic E-state index is 0.242. The van der Waals surface area contributed by atoms with Crippen LogP contribution in [0.4, 0.5) is 0 Å². The van der Waals surface area contributed by atoms with Crippen LogP contribution >= 0.6 is 0 Å². The molecule has 0 saturated carbocycles. The molecule has 0 heterocycles. The van der Waals surface area contributed by atoms with Gasteiger partial charge in [-0.15, -0.1) is 0 Å². The third kappa shape index (κ3) is 11.3. The fraction of sp³-hybridized carbons (Fsp3) is 0.944. The third-order valence-corrected chi connectivity index (χ3v) is 3.86. The summed E-state index contributed by atoms with van der Waals surface area (Å²) in [6.45, 7) is 11.9. The van der Waals surface area contributed by atoms with Crippen molar-refractivity contribution in [1.29, 1.82) is 0 Å². The van der Waals surface area contributed by atoms with E-state index in [2.05, 4.69) is 33.0 Å². The SMILES string of the molecule is CCCCCCC(CCCCC(C)(C)C)C(=O)NCC. The first-order valence-electron chi connectivity index (χ1n) is 8.68. The molecule has 0 aliphatic rings. The smallest absolute Gasteiger partial charge is 0.223 e. The largest absolute Gasteiger partial charge is 0.356 e. The zero-order valence-electron chi connectivity index (χ0n) is 14.6. The van der Waals surface area contributed by atoms with Crippen LogP contribution in [0.15, 0.2) is 0 Å². The monoisotopic (exact) mass is 283 g/mol. The zero-order valence-corrected chi connectivity index (χ0v) is 14.6. The van der Waals surface area contributed by atoms with Gasteiger partial charge in [-0.25, -0.2) is 0 Å². The van der Waals surface area contributed by atoms with Crippen molar-refractivity contribution in [2.75, 3.05) is 6.54 Å². The van der Waals surface area contributed by atoms with Gasteiger partial charge in [0, 0.05) is 12.5 Å². The van der Waals surface area contributed by atoms with Gasteiger partial charge in [-0.05, 0) is 31.6 Å². The van der Waals surface area contributed by atoms with Crippen LogP contribution in [0, 0.1) is 11.3 Å². The Labute approximate surface area is 127 Å². The van der Waals surface area contributed by atoms with Crippen molar-refractivity contribution >= 4 is 5.91 Å². The Bertz CT molecular complexity index is 242. The van der Waals surface area contributed by atoms with E-state index >= 15 is 0 Å². The summed E-state index contributed by atoms with van der Waals surface area (Å²) in [5.41, 5.74) is 0.419. The molecular weight excluding hydrogens is 246 g/mol. The molecule has 1 unspecified atom stereocenters. The van der Waals surface area contributed by atoms with E-state index in [-0.39, 0.29) is 11.8 Å². The number of carbonyl (C=O) groups excluding carboxylic acids is 1. The number of carbonyl (C=O) groups is 1. The van der Waals surface area contributed by atoms with Gasteiger partial charge < -0.3 is 5.32 Å². The van der Waals surface area contributed by atoms with Gasteiger partial charge in [-0.3, -0.25) is 4.79 Å². The summed E-state index contributed by atoms with van der Waals surface area (Å²) in [7, 11) is 0. The second-order valence-electron chi connectivity index (χ2n) is 7.25. The molecule has 120 valence electrons. The van der Waals surface area contributed by atoms with Crippen LogP contribution in [0.5, 0.6) is 0 Å². The number of hydrogen-bond donors (Lipinski definition) is 1. The molecule has 0 aliphatic carbocycles. The molecule has 0 aromatic rings. The van der Waals surface area contributed by atoms with Gasteiger partial charge in [0.05, 0.1) is 0 Å². The Morgan fingerprint density at radius 3 is 2.05 bits per heavy atom. The molecule has 2 heteroatoms. The summed E-state index contributed by atoms with van der Waals surface area (Å²) in [5.74, 6) is 0.520.